The maximum Gasteiger partial charge on any atom is 0.262 e. The smallest absolute Gasteiger partial charge is 0.262 e. The van der Waals surface area contributed by atoms with Crippen LogP contribution in [0.3, 0.4) is 0 Å². The van der Waals surface area contributed by atoms with E-state index >= 15 is 0 Å². The van der Waals surface area contributed by atoms with Crippen LogP contribution in [0.1, 0.15) is 6.92 Å². The lowest BCUT2D eigenvalue weighted by Gasteiger charge is -2.39. The number of nitrogens with one attached hydrogen (secondary N) is 3. The summed E-state index contributed by atoms with van der Waals surface area (Å²) in [6, 6.07) is 9.54. The summed E-state index contributed by atoms with van der Waals surface area (Å²) in [5.41, 5.74) is 6.21. The van der Waals surface area contributed by atoms with E-state index in [2.05, 4.69) is 21.2 Å². The third-order valence-corrected chi connectivity index (χ3v) is 6.17. The highest BCUT2D eigenvalue weighted by molar-refractivity contribution is 6.42. The molecule has 7 nitrogen and oxygen atoms in total. The van der Waals surface area contributed by atoms with Crippen molar-refractivity contribution in [1.29, 1.82) is 0 Å². The highest BCUT2D eigenvalue weighted by Gasteiger charge is 2.36. The molecule has 3 aliphatic rings. The van der Waals surface area contributed by atoms with Gasteiger partial charge in [0, 0.05) is 24.3 Å². The Morgan fingerprint density at radius 3 is 2.76 bits per heavy atom. The summed E-state index contributed by atoms with van der Waals surface area (Å²) in [5.74, 6) is 1.24. The van der Waals surface area contributed by atoms with Gasteiger partial charge in [0.15, 0.2) is 5.84 Å². The van der Waals surface area contributed by atoms with Crippen LogP contribution >= 0.6 is 23.2 Å². The molecular formula is C20H19Cl2N5O2. The Bertz CT molecular complexity index is 1040. The van der Waals surface area contributed by atoms with E-state index in [9.17, 15) is 4.79 Å². The van der Waals surface area contributed by atoms with Crippen molar-refractivity contribution in [1.82, 2.24) is 10.7 Å². The van der Waals surface area contributed by atoms with Gasteiger partial charge in [-0.15, -0.1) is 0 Å². The van der Waals surface area contributed by atoms with Gasteiger partial charge in [-0.05, 0) is 36.8 Å². The minimum absolute atomic E-state index is 0.145. The fraction of sp³-hybridized carbons (Fsp3) is 0.300. The molecule has 5 rings (SSSR count). The van der Waals surface area contributed by atoms with E-state index < -0.39 is 0 Å². The lowest BCUT2D eigenvalue weighted by atomic mass is 9.99. The minimum Gasteiger partial charge on any atom is -0.483 e. The third kappa shape index (κ3) is 3.19. The molecule has 9 heteroatoms. The third-order valence-electron chi connectivity index (χ3n) is 5.43. The van der Waals surface area contributed by atoms with Crippen LogP contribution in [0.2, 0.25) is 10.0 Å². The first kappa shape index (κ1) is 18.5. The molecule has 2 aromatic carbocycles. The molecule has 2 aromatic rings. The predicted octanol–water partition coefficient (Wildman–Crippen LogP) is 3.07. The number of halogens is 2. The van der Waals surface area contributed by atoms with Gasteiger partial charge in [0.1, 0.15) is 18.4 Å². The molecule has 0 aliphatic carbocycles. The van der Waals surface area contributed by atoms with Gasteiger partial charge < -0.3 is 20.3 Å². The fourth-order valence-corrected chi connectivity index (χ4v) is 4.00. The van der Waals surface area contributed by atoms with Crippen LogP contribution in [0.25, 0.3) is 11.1 Å². The van der Waals surface area contributed by atoms with Gasteiger partial charge in [0.2, 0.25) is 0 Å². The van der Waals surface area contributed by atoms with Gasteiger partial charge in [0.25, 0.3) is 5.91 Å². The molecule has 1 saturated heterocycles. The Hall–Kier alpha value is -2.48. The lowest BCUT2D eigenvalue weighted by Crippen LogP contribution is -2.55. The summed E-state index contributed by atoms with van der Waals surface area (Å²) in [6.07, 6.45) is 0. The molecule has 0 saturated carbocycles. The van der Waals surface area contributed by atoms with E-state index in [-0.39, 0.29) is 18.6 Å². The number of hydrogen-bond acceptors (Lipinski definition) is 6. The SMILES string of the molecule is CC1C(=O)NN=C2COc3cc(-c4ccc(Cl)c(Cl)c4)c(NC4CNC4)cc3N21. The summed E-state index contributed by atoms with van der Waals surface area (Å²) in [6.45, 7) is 3.93. The molecular weight excluding hydrogens is 413 g/mol. The van der Waals surface area contributed by atoms with Crippen molar-refractivity contribution in [2.24, 2.45) is 5.10 Å². The number of nitrogens with zero attached hydrogens (tertiary/aromatic N) is 2. The summed E-state index contributed by atoms with van der Waals surface area (Å²) in [7, 11) is 0. The number of rotatable bonds is 3. The topological polar surface area (TPSA) is 78.0 Å². The second kappa shape index (κ2) is 7.09. The first-order chi connectivity index (χ1) is 14.0. The molecule has 1 amide bonds. The van der Waals surface area contributed by atoms with Crippen molar-refractivity contribution in [3.8, 4) is 16.9 Å². The van der Waals surface area contributed by atoms with Crippen molar-refractivity contribution in [2.75, 3.05) is 29.9 Å². The first-order valence-electron chi connectivity index (χ1n) is 9.40. The number of benzene rings is 2. The number of fused-ring (bicyclic) bond motifs is 3. The zero-order valence-corrected chi connectivity index (χ0v) is 17.1. The van der Waals surface area contributed by atoms with E-state index in [4.69, 9.17) is 27.9 Å². The first-order valence-corrected chi connectivity index (χ1v) is 10.2. The van der Waals surface area contributed by atoms with Gasteiger partial charge in [-0.1, -0.05) is 29.3 Å². The van der Waals surface area contributed by atoms with Crippen LogP contribution in [0, 0.1) is 0 Å². The van der Waals surface area contributed by atoms with Gasteiger partial charge in [-0.2, -0.15) is 5.10 Å². The number of anilines is 2. The van der Waals surface area contributed by atoms with Crippen LogP contribution < -0.4 is 25.7 Å². The van der Waals surface area contributed by atoms with Crippen molar-refractivity contribution < 1.29 is 9.53 Å². The van der Waals surface area contributed by atoms with Crippen LogP contribution in [0.4, 0.5) is 11.4 Å². The van der Waals surface area contributed by atoms with Crippen molar-refractivity contribution in [3.63, 3.8) is 0 Å². The Balaban J connectivity index is 1.64. The van der Waals surface area contributed by atoms with E-state index in [1.807, 2.05) is 36.1 Å². The molecule has 1 fully saturated rings. The van der Waals surface area contributed by atoms with E-state index in [1.165, 1.54) is 0 Å². The number of amidine groups is 1. The predicted molar refractivity (Wildman–Crippen MR) is 115 cm³/mol. The standard InChI is InChI=1S/C20H19Cl2N5O2/c1-10-20(28)26-25-19-9-29-18-5-13(11-2-3-14(21)15(22)4-11)16(6-17(18)27(10)19)24-12-7-23-8-12/h2-6,10,12,23-24H,7-9H2,1H3,(H,26,28). The second-order valence-electron chi connectivity index (χ2n) is 7.33. The van der Waals surface area contributed by atoms with E-state index in [0.29, 0.717) is 27.7 Å². The average molecular weight is 432 g/mol. The number of hydrazone groups is 1. The molecule has 3 aliphatic heterocycles. The number of hydrogen-bond donors (Lipinski definition) is 3. The molecule has 29 heavy (non-hydrogen) atoms. The van der Waals surface area contributed by atoms with Crippen LogP contribution in [-0.2, 0) is 4.79 Å². The number of carbonyl (C=O) groups is 1. The van der Waals surface area contributed by atoms with Gasteiger partial charge >= 0.3 is 0 Å². The Kier molecular flexibility index (Phi) is 4.53. The molecule has 0 aromatic heterocycles. The molecule has 0 bridgehead atoms. The minimum atomic E-state index is -0.376. The van der Waals surface area contributed by atoms with Crippen LogP contribution in [-0.4, -0.2) is 43.5 Å². The van der Waals surface area contributed by atoms with Crippen molar-refractivity contribution in [3.05, 3.63) is 40.4 Å². The zero-order chi connectivity index (χ0) is 20.1. The maximum atomic E-state index is 12.2. The van der Waals surface area contributed by atoms with Crippen molar-refractivity contribution in [2.45, 2.75) is 19.0 Å². The van der Waals surface area contributed by atoms with Crippen molar-refractivity contribution >= 4 is 46.3 Å². The largest absolute Gasteiger partial charge is 0.483 e. The van der Waals surface area contributed by atoms with Crippen LogP contribution in [0.15, 0.2) is 35.4 Å². The molecule has 150 valence electrons. The summed E-state index contributed by atoms with van der Waals surface area (Å²) < 4.78 is 5.97. The fourth-order valence-electron chi connectivity index (χ4n) is 3.70. The molecule has 3 N–H and O–H groups in total. The van der Waals surface area contributed by atoms with Gasteiger partial charge in [0.05, 0.1) is 21.8 Å². The number of ether oxygens (including phenoxy) is 1. The van der Waals surface area contributed by atoms with Gasteiger partial charge in [-0.3, -0.25) is 4.79 Å². The normalized spacial score (nSPS) is 20.7. The molecule has 0 radical (unpaired) electrons. The van der Waals surface area contributed by atoms with E-state index in [1.54, 1.807) is 6.07 Å². The zero-order valence-electron chi connectivity index (χ0n) is 15.6. The maximum absolute atomic E-state index is 12.2. The van der Waals surface area contributed by atoms with E-state index in [0.717, 1.165) is 35.6 Å². The quantitative estimate of drug-likeness (QED) is 0.695. The monoisotopic (exact) mass is 431 g/mol. The second-order valence-corrected chi connectivity index (χ2v) is 8.15. The molecule has 3 heterocycles. The summed E-state index contributed by atoms with van der Waals surface area (Å²) >= 11 is 12.4. The van der Waals surface area contributed by atoms with Crippen LogP contribution in [0.5, 0.6) is 5.75 Å². The Labute approximate surface area is 178 Å². The molecule has 0 spiro atoms. The van der Waals surface area contributed by atoms with Gasteiger partial charge in [-0.25, -0.2) is 5.43 Å². The number of carbonyl (C=O) groups excluding carboxylic acids is 1. The summed E-state index contributed by atoms with van der Waals surface area (Å²) in [5, 5.41) is 12.0. The Morgan fingerprint density at radius 2 is 2.03 bits per heavy atom. The summed E-state index contributed by atoms with van der Waals surface area (Å²) in [4.78, 5) is 14.1. The lowest BCUT2D eigenvalue weighted by molar-refractivity contribution is -0.122. The molecule has 1 atom stereocenters. The highest BCUT2D eigenvalue weighted by Crippen LogP contribution is 2.43. The number of amides is 1. The molecule has 1 unspecified atom stereocenters. The Morgan fingerprint density at radius 1 is 1.21 bits per heavy atom. The highest BCUT2D eigenvalue weighted by atomic mass is 35.5. The average Bonchev–Trinajstić information content (AvgIpc) is 2.68.